The van der Waals surface area contributed by atoms with Crippen LogP contribution >= 0.6 is 0 Å². The lowest BCUT2D eigenvalue weighted by atomic mass is 9.70. The fraction of sp³-hybridized carbons (Fsp3) is 1.00. The maximum Gasteiger partial charge on any atom is 0.00870 e. The average molecular weight is 240 g/mol. The zero-order chi connectivity index (χ0) is 13.2. The van der Waals surface area contributed by atoms with Gasteiger partial charge in [0.1, 0.15) is 0 Å². The Bertz CT molecular complexity index is 235. The first-order chi connectivity index (χ1) is 7.73. The molecule has 0 saturated heterocycles. The molecule has 0 aromatic rings. The Balaban J connectivity index is 2.54. The summed E-state index contributed by atoms with van der Waals surface area (Å²) >= 11 is 0. The summed E-state index contributed by atoms with van der Waals surface area (Å²) in [5, 5.41) is 0. The zero-order valence-electron chi connectivity index (χ0n) is 12.7. The van der Waals surface area contributed by atoms with Crippen molar-refractivity contribution in [2.24, 2.45) is 23.0 Å². The van der Waals surface area contributed by atoms with Crippen molar-refractivity contribution >= 4 is 0 Å². The molecule has 17 heavy (non-hydrogen) atoms. The van der Waals surface area contributed by atoms with E-state index in [0.29, 0.717) is 29.3 Å². The van der Waals surface area contributed by atoms with E-state index in [1.807, 2.05) is 0 Å². The summed E-state index contributed by atoms with van der Waals surface area (Å²) in [5.74, 6) is 1.39. The molecule has 0 bridgehead atoms. The average Bonchev–Trinajstić information content (AvgIpc) is 2.21. The first-order valence-corrected chi connectivity index (χ1v) is 7.19. The highest BCUT2D eigenvalue weighted by atomic mass is 15.1. The molecule has 0 aliphatic heterocycles. The summed E-state index contributed by atoms with van der Waals surface area (Å²) in [4.78, 5) is 2.50. The summed E-state index contributed by atoms with van der Waals surface area (Å²) < 4.78 is 0. The van der Waals surface area contributed by atoms with Crippen molar-refractivity contribution < 1.29 is 0 Å². The monoisotopic (exact) mass is 240 g/mol. The Kier molecular flexibility index (Phi) is 5.03. The lowest BCUT2D eigenvalue weighted by molar-refractivity contribution is 0.100. The van der Waals surface area contributed by atoms with E-state index < -0.39 is 0 Å². The number of hydrogen-bond acceptors (Lipinski definition) is 2. The second-order valence-electron chi connectivity index (χ2n) is 7.26. The van der Waals surface area contributed by atoms with Crippen LogP contribution in [-0.2, 0) is 0 Å². The molecule has 0 amide bonds. The summed E-state index contributed by atoms with van der Waals surface area (Å²) in [5.41, 5.74) is 6.79. The van der Waals surface area contributed by atoms with Crippen molar-refractivity contribution in [2.75, 3.05) is 13.6 Å². The second kappa shape index (κ2) is 5.71. The molecule has 0 heterocycles. The minimum Gasteiger partial charge on any atom is -0.327 e. The molecule has 1 rings (SSSR count). The maximum atomic E-state index is 6.30. The van der Waals surface area contributed by atoms with Gasteiger partial charge in [-0.3, -0.25) is 0 Å². The fourth-order valence-electron chi connectivity index (χ4n) is 3.00. The molecule has 1 aliphatic rings. The SMILES string of the molecule is CC(C)C(C)N(C)CC1CC(C)(C)CCC1N. The first kappa shape index (κ1) is 15.0. The fourth-order valence-corrected chi connectivity index (χ4v) is 3.00. The van der Waals surface area contributed by atoms with Crippen LogP contribution in [0.2, 0.25) is 0 Å². The van der Waals surface area contributed by atoms with Gasteiger partial charge in [0.2, 0.25) is 0 Å². The van der Waals surface area contributed by atoms with Gasteiger partial charge in [-0.15, -0.1) is 0 Å². The predicted molar refractivity (Wildman–Crippen MR) is 76.0 cm³/mol. The summed E-state index contributed by atoms with van der Waals surface area (Å²) in [6.45, 7) is 12.8. The van der Waals surface area contributed by atoms with E-state index in [2.05, 4.69) is 46.6 Å². The van der Waals surface area contributed by atoms with Gasteiger partial charge >= 0.3 is 0 Å². The van der Waals surface area contributed by atoms with Crippen molar-refractivity contribution in [3.8, 4) is 0 Å². The van der Waals surface area contributed by atoms with Crippen LogP contribution in [0.1, 0.15) is 53.9 Å². The number of nitrogens with two attached hydrogens (primary N) is 1. The Labute approximate surface area is 108 Å². The highest BCUT2D eigenvalue weighted by Crippen LogP contribution is 2.38. The molecule has 1 saturated carbocycles. The van der Waals surface area contributed by atoms with Gasteiger partial charge in [-0.1, -0.05) is 27.7 Å². The second-order valence-corrected chi connectivity index (χ2v) is 7.26. The molecule has 3 atom stereocenters. The van der Waals surface area contributed by atoms with Crippen LogP contribution in [0.25, 0.3) is 0 Å². The van der Waals surface area contributed by atoms with Gasteiger partial charge < -0.3 is 10.6 Å². The number of rotatable bonds is 4. The maximum absolute atomic E-state index is 6.30. The van der Waals surface area contributed by atoms with Crippen molar-refractivity contribution in [1.82, 2.24) is 4.90 Å². The summed E-state index contributed by atoms with van der Waals surface area (Å²) in [6.07, 6.45) is 3.76. The van der Waals surface area contributed by atoms with E-state index in [-0.39, 0.29) is 0 Å². The molecule has 1 aliphatic carbocycles. The van der Waals surface area contributed by atoms with Crippen LogP contribution in [0, 0.1) is 17.3 Å². The number of nitrogens with zero attached hydrogens (tertiary/aromatic N) is 1. The van der Waals surface area contributed by atoms with E-state index in [0.717, 1.165) is 6.54 Å². The van der Waals surface area contributed by atoms with Crippen LogP contribution in [0.3, 0.4) is 0 Å². The van der Waals surface area contributed by atoms with Crippen molar-refractivity contribution in [3.63, 3.8) is 0 Å². The standard InChI is InChI=1S/C15H32N2/c1-11(2)12(3)17(6)10-13-9-15(4,5)8-7-14(13)16/h11-14H,7-10,16H2,1-6H3. The minimum absolute atomic E-state index is 0.407. The molecule has 0 aromatic heterocycles. The Morgan fingerprint density at radius 2 is 1.88 bits per heavy atom. The predicted octanol–water partition coefficient (Wildman–Crippen LogP) is 3.12. The first-order valence-electron chi connectivity index (χ1n) is 7.19. The van der Waals surface area contributed by atoms with Gasteiger partial charge in [0.15, 0.2) is 0 Å². The third-order valence-electron chi connectivity index (χ3n) is 4.76. The third kappa shape index (κ3) is 4.26. The van der Waals surface area contributed by atoms with E-state index in [9.17, 15) is 0 Å². The topological polar surface area (TPSA) is 29.3 Å². The molecule has 102 valence electrons. The summed E-state index contributed by atoms with van der Waals surface area (Å²) in [6, 6.07) is 1.05. The molecule has 2 nitrogen and oxygen atoms in total. The van der Waals surface area contributed by atoms with Crippen LogP contribution in [0.4, 0.5) is 0 Å². The Morgan fingerprint density at radius 1 is 1.29 bits per heavy atom. The molecular weight excluding hydrogens is 208 g/mol. The quantitative estimate of drug-likeness (QED) is 0.818. The lowest BCUT2D eigenvalue weighted by Gasteiger charge is -2.42. The lowest BCUT2D eigenvalue weighted by Crippen LogP contribution is -2.46. The van der Waals surface area contributed by atoms with E-state index >= 15 is 0 Å². The van der Waals surface area contributed by atoms with Crippen LogP contribution < -0.4 is 5.73 Å². The van der Waals surface area contributed by atoms with Gasteiger partial charge in [0.05, 0.1) is 0 Å². The Hall–Kier alpha value is -0.0800. The molecule has 0 radical (unpaired) electrons. The molecule has 2 N–H and O–H groups in total. The largest absolute Gasteiger partial charge is 0.327 e. The zero-order valence-corrected chi connectivity index (χ0v) is 12.7. The van der Waals surface area contributed by atoms with Gasteiger partial charge in [0, 0.05) is 18.6 Å². The van der Waals surface area contributed by atoms with Gasteiger partial charge in [0.25, 0.3) is 0 Å². The van der Waals surface area contributed by atoms with Crippen molar-refractivity contribution in [3.05, 3.63) is 0 Å². The van der Waals surface area contributed by atoms with E-state index in [4.69, 9.17) is 5.73 Å². The van der Waals surface area contributed by atoms with Crippen molar-refractivity contribution in [1.29, 1.82) is 0 Å². The molecular formula is C15H32N2. The smallest absolute Gasteiger partial charge is 0.00870 e. The summed E-state index contributed by atoms with van der Waals surface area (Å²) in [7, 11) is 2.25. The highest BCUT2D eigenvalue weighted by Gasteiger charge is 2.34. The molecule has 0 aromatic carbocycles. The van der Waals surface area contributed by atoms with E-state index in [1.165, 1.54) is 19.3 Å². The van der Waals surface area contributed by atoms with Gasteiger partial charge in [-0.05, 0) is 50.5 Å². The third-order valence-corrected chi connectivity index (χ3v) is 4.76. The minimum atomic E-state index is 0.407. The molecule has 2 heteroatoms. The van der Waals surface area contributed by atoms with Crippen LogP contribution in [0.15, 0.2) is 0 Å². The van der Waals surface area contributed by atoms with Gasteiger partial charge in [-0.2, -0.15) is 0 Å². The van der Waals surface area contributed by atoms with Crippen LogP contribution in [-0.4, -0.2) is 30.6 Å². The van der Waals surface area contributed by atoms with Gasteiger partial charge in [-0.25, -0.2) is 0 Å². The normalized spacial score (nSPS) is 30.9. The van der Waals surface area contributed by atoms with E-state index in [1.54, 1.807) is 0 Å². The highest BCUT2D eigenvalue weighted by molar-refractivity contribution is 4.88. The number of hydrogen-bond donors (Lipinski definition) is 1. The Morgan fingerprint density at radius 3 is 2.41 bits per heavy atom. The van der Waals surface area contributed by atoms with Crippen LogP contribution in [0.5, 0.6) is 0 Å². The van der Waals surface area contributed by atoms with Crippen molar-refractivity contribution in [2.45, 2.75) is 66.0 Å². The molecule has 1 fully saturated rings. The molecule has 0 spiro atoms. The molecule has 3 unspecified atom stereocenters.